The highest BCUT2D eigenvalue weighted by atomic mass is 32.2. The number of thioether (sulfide) groups is 1. The van der Waals surface area contributed by atoms with Gasteiger partial charge >= 0.3 is 0 Å². The van der Waals surface area contributed by atoms with Crippen LogP contribution in [0.5, 0.6) is 0 Å². The Morgan fingerprint density at radius 2 is 1.86 bits per heavy atom. The molecular weight excluding hydrogens is 282 g/mol. The Morgan fingerprint density at radius 1 is 1.19 bits per heavy atom. The van der Waals surface area contributed by atoms with E-state index in [0.29, 0.717) is 6.54 Å². The van der Waals surface area contributed by atoms with E-state index in [4.69, 9.17) is 10.9 Å². The lowest BCUT2D eigenvalue weighted by Crippen LogP contribution is -2.27. The van der Waals surface area contributed by atoms with Gasteiger partial charge in [-0.25, -0.2) is 0 Å². The molecule has 0 spiro atoms. The topological polar surface area (TPSA) is 70.6 Å². The monoisotopic (exact) mass is 301 g/mol. The molecule has 0 aromatic heterocycles. The SMILES string of the molecule is CSc1ccc(NCC(C(N)=NO)c2ccccc2)cc1. The lowest BCUT2D eigenvalue weighted by Gasteiger charge is -2.17. The third kappa shape index (κ3) is 4.16. The van der Waals surface area contributed by atoms with Gasteiger partial charge < -0.3 is 16.3 Å². The van der Waals surface area contributed by atoms with Crippen LogP contribution in [0, 0.1) is 0 Å². The van der Waals surface area contributed by atoms with E-state index in [1.807, 2.05) is 48.7 Å². The number of anilines is 1. The van der Waals surface area contributed by atoms with E-state index in [1.165, 1.54) is 4.90 Å². The smallest absolute Gasteiger partial charge is 0.148 e. The standard InChI is InChI=1S/C16H19N3OS/c1-21-14-9-7-13(8-10-14)18-11-15(16(17)19-20)12-5-3-2-4-6-12/h2-10,15,18,20H,11H2,1H3,(H2,17,19). The summed E-state index contributed by atoms with van der Waals surface area (Å²) in [6.07, 6.45) is 2.05. The summed E-state index contributed by atoms with van der Waals surface area (Å²) in [6.45, 7) is 0.568. The van der Waals surface area contributed by atoms with Gasteiger partial charge in [0.15, 0.2) is 0 Å². The minimum atomic E-state index is -0.170. The number of rotatable bonds is 6. The first-order valence-electron chi connectivity index (χ1n) is 6.65. The van der Waals surface area contributed by atoms with Crippen LogP contribution in [0.25, 0.3) is 0 Å². The van der Waals surface area contributed by atoms with Crippen molar-refractivity contribution in [1.82, 2.24) is 0 Å². The molecule has 4 nitrogen and oxygen atoms in total. The normalized spacial score (nSPS) is 12.9. The van der Waals surface area contributed by atoms with Gasteiger partial charge in [0.25, 0.3) is 0 Å². The molecule has 0 amide bonds. The van der Waals surface area contributed by atoms with Crippen LogP contribution in [0.3, 0.4) is 0 Å². The van der Waals surface area contributed by atoms with Gasteiger partial charge in [0.05, 0.1) is 5.92 Å². The molecule has 0 saturated carbocycles. The number of hydrogen-bond acceptors (Lipinski definition) is 4. The zero-order chi connectivity index (χ0) is 15.1. The largest absolute Gasteiger partial charge is 0.409 e. The highest BCUT2D eigenvalue weighted by Gasteiger charge is 2.16. The van der Waals surface area contributed by atoms with Crippen molar-refractivity contribution >= 4 is 23.3 Å². The summed E-state index contributed by atoms with van der Waals surface area (Å²) in [4.78, 5) is 1.22. The number of nitrogens with one attached hydrogen (secondary N) is 1. The summed E-state index contributed by atoms with van der Waals surface area (Å²) in [7, 11) is 0. The van der Waals surface area contributed by atoms with Crippen molar-refractivity contribution in [1.29, 1.82) is 0 Å². The fourth-order valence-electron chi connectivity index (χ4n) is 2.08. The van der Waals surface area contributed by atoms with Crippen LogP contribution in [-0.2, 0) is 0 Å². The van der Waals surface area contributed by atoms with E-state index in [2.05, 4.69) is 22.6 Å². The first-order valence-corrected chi connectivity index (χ1v) is 7.87. The Labute approximate surface area is 129 Å². The fourth-order valence-corrected chi connectivity index (χ4v) is 2.49. The molecule has 2 rings (SSSR count). The quantitative estimate of drug-likeness (QED) is 0.251. The maximum absolute atomic E-state index is 8.96. The van der Waals surface area contributed by atoms with Crippen LogP contribution in [-0.4, -0.2) is 23.8 Å². The lowest BCUT2D eigenvalue weighted by molar-refractivity contribution is 0.316. The summed E-state index contributed by atoms with van der Waals surface area (Å²) >= 11 is 1.71. The average Bonchev–Trinajstić information content (AvgIpc) is 2.56. The Morgan fingerprint density at radius 3 is 2.43 bits per heavy atom. The molecule has 110 valence electrons. The van der Waals surface area contributed by atoms with Crippen molar-refractivity contribution in [2.45, 2.75) is 10.8 Å². The maximum Gasteiger partial charge on any atom is 0.148 e. The van der Waals surface area contributed by atoms with Crippen LogP contribution in [0.15, 0.2) is 64.6 Å². The first kappa shape index (κ1) is 15.3. The molecule has 2 aromatic carbocycles. The second kappa shape index (κ2) is 7.59. The minimum absolute atomic E-state index is 0.170. The molecule has 4 N–H and O–H groups in total. The van der Waals surface area contributed by atoms with Gasteiger partial charge in [-0.2, -0.15) is 0 Å². The molecule has 21 heavy (non-hydrogen) atoms. The summed E-state index contributed by atoms with van der Waals surface area (Å²) < 4.78 is 0. The van der Waals surface area contributed by atoms with Crippen LogP contribution >= 0.6 is 11.8 Å². The number of nitrogens with zero attached hydrogens (tertiary/aromatic N) is 1. The summed E-state index contributed by atoms with van der Waals surface area (Å²) in [5.74, 6) is 0.0332. The molecule has 0 radical (unpaired) electrons. The fraction of sp³-hybridized carbons (Fsp3) is 0.188. The predicted octanol–water partition coefficient (Wildman–Crippen LogP) is 3.35. The Hall–Kier alpha value is -2.14. The summed E-state index contributed by atoms with van der Waals surface area (Å²) in [5.41, 5.74) is 7.84. The minimum Gasteiger partial charge on any atom is -0.409 e. The molecule has 1 unspecified atom stereocenters. The van der Waals surface area contributed by atoms with Crippen molar-refractivity contribution in [3.63, 3.8) is 0 Å². The van der Waals surface area contributed by atoms with Gasteiger partial charge in [0.2, 0.25) is 0 Å². The molecule has 0 aliphatic heterocycles. The highest BCUT2D eigenvalue weighted by Crippen LogP contribution is 2.20. The van der Waals surface area contributed by atoms with Gasteiger partial charge in [-0.15, -0.1) is 11.8 Å². The zero-order valence-corrected chi connectivity index (χ0v) is 12.7. The average molecular weight is 301 g/mol. The van der Waals surface area contributed by atoms with Crippen LogP contribution in [0.2, 0.25) is 0 Å². The first-order chi connectivity index (χ1) is 10.2. The third-order valence-electron chi connectivity index (χ3n) is 3.27. The molecule has 0 fully saturated rings. The maximum atomic E-state index is 8.96. The van der Waals surface area contributed by atoms with E-state index >= 15 is 0 Å². The number of hydrogen-bond donors (Lipinski definition) is 3. The molecule has 0 bridgehead atoms. The van der Waals surface area contributed by atoms with Crippen LogP contribution < -0.4 is 11.1 Å². The van der Waals surface area contributed by atoms with Crippen molar-refractivity contribution in [3.8, 4) is 0 Å². The molecule has 5 heteroatoms. The van der Waals surface area contributed by atoms with Crippen LogP contribution in [0.1, 0.15) is 11.5 Å². The molecule has 1 atom stereocenters. The van der Waals surface area contributed by atoms with Crippen molar-refractivity contribution in [2.24, 2.45) is 10.9 Å². The molecule has 2 aromatic rings. The van der Waals surface area contributed by atoms with Crippen molar-refractivity contribution < 1.29 is 5.21 Å². The predicted molar refractivity (Wildman–Crippen MR) is 89.3 cm³/mol. The van der Waals surface area contributed by atoms with Crippen LogP contribution in [0.4, 0.5) is 5.69 Å². The molecule has 0 heterocycles. The number of nitrogens with two attached hydrogens (primary N) is 1. The van der Waals surface area contributed by atoms with E-state index in [-0.39, 0.29) is 11.8 Å². The van der Waals surface area contributed by atoms with Gasteiger partial charge in [-0.05, 0) is 36.1 Å². The van der Waals surface area contributed by atoms with Gasteiger partial charge in [-0.1, -0.05) is 35.5 Å². The van der Waals surface area contributed by atoms with Crippen molar-refractivity contribution in [2.75, 3.05) is 18.1 Å². The number of benzene rings is 2. The molecule has 0 saturated heterocycles. The zero-order valence-electron chi connectivity index (χ0n) is 11.9. The van der Waals surface area contributed by atoms with E-state index in [1.54, 1.807) is 11.8 Å². The third-order valence-corrected chi connectivity index (χ3v) is 4.02. The summed E-state index contributed by atoms with van der Waals surface area (Å²) in [5, 5.41) is 15.4. The highest BCUT2D eigenvalue weighted by molar-refractivity contribution is 7.98. The second-order valence-electron chi connectivity index (χ2n) is 4.60. The second-order valence-corrected chi connectivity index (χ2v) is 5.48. The Kier molecular flexibility index (Phi) is 5.51. The van der Waals surface area contributed by atoms with E-state index in [0.717, 1.165) is 11.3 Å². The van der Waals surface area contributed by atoms with E-state index in [9.17, 15) is 0 Å². The number of oxime groups is 1. The molecule has 0 aliphatic carbocycles. The Balaban J connectivity index is 2.09. The van der Waals surface area contributed by atoms with Gasteiger partial charge in [0, 0.05) is 17.1 Å². The number of amidine groups is 1. The summed E-state index contributed by atoms with van der Waals surface area (Å²) in [6, 6.07) is 18.0. The van der Waals surface area contributed by atoms with Crippen molar-refractivity contribution in [3.05, 3.63) is 60.2 Å². The van der Waals surface area contributed by atoms with Gasteiger partial charge in [0.1, 0.15) is 5.84 Å². The molecule has 0 aliphatic rings. The molecular formula is C16H19N3OS. The Bertz CT molecular complexity index is 584. The lowest BCUT2D eigenvalue weighted by atomic mass is 9.98. The van der Waals surface area contributed by atoms with E-state index < -0.39 is 0 Å². The van der Waals surface area contributed by atoms with Gasteiger partial charge in [-0.3, -0.25) is 0 Å².